The highest BCUT2D eigenvalue weighted by molar-refractivity contribution is 5.80. The first-order chi connectivity index (χ1) is 7.04. The van der Waals surface area contributed by atoms with Crippen LogP contribution in [-0.4, -0.2) is 19.1 Å². The summed E-state index contributed by atoms with van der Waals surface area (Å²) in [5.74, 6) is 0.645. The molecule has 0 aliphatic carbocycles. The van der Waals surface area contributed by atoms with Crippen molar-refractivity contribution in [1.82, 2.24) is 5.32 Å². The minimum Gasteiger partial charge on any atom is -0.481 e. The molecule has 1 amide bonds. The summed E-state index contributed by atoms with van der Waals surface area (Å²) in [4.78, 5) is 11.3. The quantitative estimate of drug-likeness (QED) is 0.821. The maximum atomic E-state index is 11.3. The molecular weight excluding hydrogens is 190 g/mol. The zero-order valence-electron chi connectivity index (χ0n) is 9.63. The predicted molar refractivity (Wildman–Crippen MR) is 60.1 cm³/mol. The molecule has 0 spiro atoms. The van der Waals surface area contributed by atoms with Crippen molar-refractivity contribution in [1.29, 1.82) is 0 Å². The standard InChI is InChI=1S/C12H17NO2/c1-8-5-6-11(9(2)7-8)15-10(3)12(14)13-4/h5-7,10H,1-4H3,(H,13,14). The highest BCUT2D eigenvalue weighted by Crippen LogP contribution is 2.19. The zero-order valence-corrected chi connectivity index (χ0v) is 9.63. The van der Waals surface area contributed by atoms with E-state index in [9.17, 15) is 4.79 Å². The highest BCUT2D eigenvalue weighted by Gasteiger charge is 2.13. The Morgan fingerprint density at radius 1 is 1.40 bits per heavy atom. The Hall–Kier alpha value is -1.51. The molecule has 0 saturated heterocycles. The number of ether oxygens (including phenoxy) is 1. The van der Waals surface area contributed by atoms with E-state index in [-0.39, 0.29) is 5.91 Å². The molecule has 0 aromatic heterocycles. The number of hydrogen-bond donors (Lipinski definition) is 1. The van der Waals surface area contributed by atoms with Gasteiger partial charge in [-0.25, -0.2) is 0 Å². The lowest BCUT2D eigenvalue weighted by molar-refractivity contribution is -0.126. The number of amides is 1. The number of hydrogen-bond acceptors (Lipinski definition) is 2. The highest BCUT2D eigenvalue weighted by atomic mass is 16.5. The molecule has 82 valence electrons. The van der Waals surface area contributed by atoms with E-state index in [1.54, 1.807) is 14.0 Å². The van der Waals surface area contributed by atoms with E-state index < -0.39 is 6.10 Å². The van der Waals surface area contributed by atoms with Crippen LogP contribution < -0.4 is 10.1 Å². The molecule has 1 aromatic carbocycles. The zero-order chi connectivity index (χ0) is 11.4. The van der Waals surface area contributed by atoms with Gasteiger partial charge in [-0.3, -0.25) is 4.79 Å². The number of nitrogens with one attached hydrogen (secondary N) is 1. The van der Waals surface area contributed by atoms with Crippen molar-refractivity contribution >= 4 is 5.91 Å². The maximum absolute atomic E-state index is 11.3. The van der Waals surface area contributed by atoms with Crippen LogP contribution in [0.25, 0.3) is 0 Å². The third kappa shape index (κ3) is 2.98. The monoisotopic (exact) mass is 207 g/mol. The predicted octanol–water partition coefficient (Wildman–Crippen LogP) is 1.82. The fraction of sp³-hybridized carbons (Fsp3) is 0.417. The van der Waals surface area contributed by atoms with E-state index in [0.717, 1.165) is 11.3 Å². The van der Waals surface area contributed by atoms with E-state index in [0.29, 0.717) is 0 Å². The number of benzene rings is 1. The lowest BCUT2D eigenvalue weighted by Gasteiger charge is -2.15. The largest absolute Gasteiger partial charge is 0.481 e. The minimum atomic E-state index is -0.462. The average Bonchev–Trinajstić information content (AvgIpc) is 2.20. The Morgan fingerprint density at radius 3 is 2.60 bits per heavy atom. The topological polar surface area (TPSA) is 38.3 Å². The molecule has 1 unspecified atom stereocenters. The fourth-order valence-corrected chi connectivity index (χ4v) is 1.38. The summed E-state index contributed by atoms with van der Waals surface area (Å²) in [6.45, 7) is 5.73. The maximum Gasteiger partial charge on any atom is 0.260 e. The normalized spacial score (nSPS) is 12.0. The molecule has 15 heavy (non-hydrogen) atoms. The molecule has 1 aromatic rings. The minimum absolute atomic E-state index is 0.116. The van der Waals surface area contributed by atoms with Gasteiger partial charge in [0.05, 0.1) is 0 Å². The van der Waals surface area contributed by atoms with Crippen molar-refractivity contribution in [2.45, 2.75) is 26.9 Å². The Labute approximate surface area is 90.4 Å². The van der Waals surface area contributed by atoms with Crippen molar-refractivity contribution in [3.63, 3.8) is 0 Å². The molecule has 1 atom stereocenters. The molecule has 1 rings (SSSR count). The van der Waals surface area contributed by atoms with Gasteiger partial charge in [-0.05, 0) is 32.4 Å². The van der Waals surface area contributed by atoms with Gasteiger partial charge >= 0.3 is 0 Å². The van der Waals surface area contributed by atoms with Crippen LogP contribution in [-0.2, 0) is 4.79 Å². The summed E-state index contributed by atoms with van der Waals surface area (Å²) in [7, 11) is 1.60. The van der Waals surface area contributed by atoms with Crippen molar-refractivity contribution in [3.05, 3.63) is 29.3 Å². The molecule has 3 nitrogen and oxygen atoms in total. The van der Waals surface area contributed by atoms with Crippen LogP contribution in [0, 0.1) is 13.8 Å². The summed E-state index contributed by atoms with van der Waals surface area (Å²) in [6.07, 6.45) is -0.462. The van der Waals surface area contributed by atoms with Gasteiger partial charge < -0.3 is 10.1 Å². The Kier molecular flexibility index (Phi) is 3.72. The summed E-state index contributed by atoms with van der Waals surface area (Å²) in [6, 6.07) is 5.90. The summed E-state index contributed by atoms with van der Waals surface area (Å²) in [5.41, 5.74) is 2.23. The van der Waals surface area contributed by atoms with Gasteiger partial charge in [0.2, 0.25) is 0 Å². The van der Waals surface area contributed by atoms with Crippen LogP contribution in [0.1, 0.15) is 18.1 Å². The fourth-order valence-electron chi connectivity index (χ4n) is 1.38. The van der Waals surface area contributed by atoms with E-state index in [1.807, 2.05) is 32.0 Å². The first-order valence-electron chi connectivity index (χ1n) is 5.00. The van der Waals surface area contributed by atoms with E-state index in [4.69, 9.17) is 4.74 Å². The molecule has 0 heterocycles. The Balaban J connectivity index is 2.76. The molecule has 0 radical (unpaired) electrons. The lowest BCUT2D eigenvalue weighted by Crippen LogP contribution is -2.33. The van der Waals surface area contributed by atoms with Gasteiger partial charge in [-0.2, -0.15) is 0 Å². The molecular formula is C12H17NO2. The van der Waals surface area contributed by atoms with Crippen molar-refractivity contribution in [2.24, 2.45) is 0 Å². The number of carbonyl (C=O) groups is 1. The van der Waals surface area contributed by atoms with Crippen LogP contribution in [0.5, 0.6) is 5.75 Å². The second-order valence-corrected chi connectivity index (χ2v) is 3.64. The second-order valence-electron chi connectivity index (χ2n) is 3.64. The number of aryl methyl sites for hydroxylation is 2. The number of rotatable bonds is 3. The van der Waals surface area contributed by atoms with Crippen LogP contribution in [0.4, 0.5) is 0 Å². The van der Waals surface area contributed by atoms with Gasteiger partial charge in [-0.15, -0.1) is 0 Å². The molecule has 0 saturated carbocycles. The van der Waals surface area contributed by atoms with E-state index in [1.165, 1.54) is 5.56 Å². The average molecular weight is 207 g/mol. The number of likely N-dealkylation sites (N-methyl/N-ethyl adjacent to an activating group) is 1. The van der Waals surface area contributed by atoms with Gasteiger partial charge in [0.25, 0.3) is 5.91 Å². The molecule has 1 N–H and O–H groups in total. The van der Waals surface area contributed by atoms with Gasteiger partial charge in [0, 0.05) is 7.05 Å². The third-order valence-electron chi connectivity index (χ3n) is 2.25. The smallest absolute Gasteiger partial charge is 0.260 e. The van der Waals surface area contributed by atoms with Crippen LogP contribution >= 0.6 is 0 Å². The second kappa shape index (κ2) is 4.82. The van der Waals surface area contributed by atoms with Crippen molar-refractivity contribution < 1.29 is 9.53 Å². The van der Waals surface area contributed by atoms with Crippen LogP contribution in [0.2, 0.25) is 0 Å². The summed E-state index contributed by atoms with van der Waals surface area (Å²) < 4.78 is 5.54. The summed E-state index contributed by atoms with van der Waals surface area (Å²) >= 11 is 0. The van der Waals surface area contributed by atoms with Gasteiger partial charge in [0.15, 0.2) is 6.10 Å². The van der Waals surface area contributed by atoms with Crippen molar-refractivity contribution in [3.8, 4) is 5.75 Å². The number of carbonyl (C=O) groups excluding carboxylic acids is 1. The molecule has 0 fully saturated rings. The Morgan fingerprint density at radius 2 is 2.07 bits per heavy atom. The lowest BCUT2D eigenvalue weighted by atomic mass is 10.1. The first-order valence-corrected chi connectivity index (χ1v) is 5.00. The Bertz CT molecular complexity index is 361. The molecule has 0 aliphatic rings. The first kappa shape index (κ1) is 11.6. The van der Waals surface area contributed by atoms with Crippen molar-refractivity contribution in [2.75, 3.05) is 7.05 Å². The molecule has 0 aliphatic heterocycles. The SMILES string of the molecule is CNC(=O)C(C)Oc1ccc(C)cc1C. The van der Waals surface area contributed by atoms with Gasteiger partial charge in [-0.1, -0.05) is 17.7 Å². The van der Waals surface area contributed by atoms with Gasteiger partial charge in [0.1, 0.15) is 5.75 Å². The molecule has 0 bridgehead atoms. The molecule has 3 heteroatoms. The van der Waals surface area contributed by atoms with Crippen LogP contribution in [0.15, 0.2) is 18.2 Å². The van der Waals surface area contributed by atoms with E-state index in [2.05, 4.69) is 5.32 Å². The van der Waals surface area contributed by atoms with E-state index >= 15 is 0 Å². The summed E-state index contributed by atoms with van der Waals surface area (Å²) in [5, 5.41) is 2.55. The third-order valence-corrected chi connectivity index (χ3v) is 2.25. The van der Waals surface area contributed by atoms with Crippen LogP contribution in [0.3, 0.4) is 0 Å².